The zero-order valence-corrected chi connectivity index (χ0v) is 65.7. The topological polar surface area (TPSA) is 179 Å². The summed E-state index contributed by atoms with van der Waals surface area (Å²) in [6.07, 6.45) is -6.75. The third-order valence-electron chi connectivity index (χ3n) is 21.4. The summed E-state index contributed by atoms with van der Waals surface area (Å²) in [4.78, 5) is 73.0. The third kappa shape index (κ3) is 16.6. The van der Waals surface area contributed by atoms with Gasteiger partial charge in [-0.15, -0.1) is 45.3 Å². The van der Waals surface area contributed by atoms with Crippen molar-refractivity contribution in [2.75, 3.05) is 45.8 Å². The molecular weight excluding hydrogens is 1650 g/mol. The van der Waals surface area contributed by atoms with Crippen LogP contribution in [0.5, 0.6) is 0 Å². The number of hydrogen-bond donors (Lipinski definition) is 4. The number of rotatable bonds is 12. The molecule has 0 saturated carbocycles. The fourth-order valence-electron chi connectivity index (χ4n) is 15.3. The van der Waals surface area contributed by atoms with E-state index in [1.165, 1.54) is 22.9 Å². The maximum atomic E-state index is 12.9. The van der Waals surface area contributed by atoms with Crippen LogP contribution in [0.3, 0.4) is 0 Å². The van der Waals surface area contributed by atoms with Crippen LogP contribution in [0.4, 0.5) is 117 Å². The predicted octanol–water partition coefficient (Wildman–Crippen LogP) is 23.9. The Balaban J connectivity index is 0.000000114. The zero-order valence-electron chi connectivity index (χ0n) is 62.4. The number of hydrogen-bond acceptors (Lipinski definition) is 12. The lowest BCUT2D eigenvalue weighted by molar-refractivity contribution is -0.135. The van der Waals surface area contributed by atoms with Crippen LogP contribution in [0.25, 0.3) is 43.1 Å². The molecule has 0 spiro atoms. The van der Waals surface area contributed by atoms with Gasteiger partial charge in [-0.3, -0.25) is 39.6 Å². The Morgan fingerprint density at radius 1 is 0.283 bits per heavy atom. The molecule has 0 radical (unpaired) electrons. The normalized spacial score (nSPS) is 18.0. The van der Waals surface area contributed by atoms with Gasteiger partial charge in [-0.05, 0) is 174 Å². The van der Waals surface area contributed by atoms with Crippen molar-refractivity contribution in [1.82, 2.24) is 21.3 Å². The van der Waals surface area contributed by atoms with E-state index in [1.54, 1.807) is 68.1 Å². The molecule has 12 heterocycles. The number of alkyl halides is 12. The molecule has 20 rings (SSSR count). The minimum Gasteiger partial charge on any atom is -0.335 e. The average molecular weight is 1710 g/mol. The van der Waals surface area contributed by atoms with Crippen LogP contribution in [0.1, 0.15) is 88.2 Å². The molecule has 8 amide bonds. The van der Waals surface area contributed by atoms with Crippen molar-refractivity contribution in [2.24, 2.45) is 20.0 Å². The number of nitrogens with zero attached hydrogens (tertiary/aromatic N) is 8. The number of halogens is 12. The molecule has 0 unspecified atom stereocenters. The fourth-order valence-corrected chi connectivity index (χ4v) is 18.6. The van der Waals surface area contributed by atoms with Gasteiger partial charge >= 0.3 is 48.8 Å². The van der Waals surface area contributed by atoms with Crippen LogP contribution in [-0.4, -0.2) is 75.2 Å². The molecule has 16 nitrogen and oxygen atoms in total. The Morgan fingerprint density at radius 2 is 0.533 bits per heavy atom. The summed E-state index contributed by atoms with van der Waals surface area (Å²) >= 11 is 2.83. The molecule has 4 saturated heterocycles. The number of benzene rings is 8. The lowest BCUT2D eigenvalue weighted by Crippen LogP contribution is -2.29. The molecular formula is C88H64F12N12O4S4. The Hall–Kier alpha value is -12.5. The molecule has 0 aliphatic carbocycles. The molecule has 12 aromatic rings. The zero-order chi connectivity index (χ0) is 83.5. The Kier molecular flexibility index (Phi) is 21.5. The van der Waals surface area contributed by atoms with Crippen molar-refractivity contribution in [2.45, 2.75) is 74.6 Å². The van der Waals surface area contributed by atoms with Gasteiger partial charge in [0, 0.05) is 109 Å². The highest BCUT2D eigenvalue weighted by Crippen LogP contribution is 2.47. The number of nitrogens with one attached hydrogen (secondary N) is 4. The minimum atomic E-state index is -4.33. The Morgan fingerprint density at radius 3 is 0.767 bits per heavy atom. The van der Waals surface area contributed by atoms with E-state index in [9.17, 15) is 71.9 Å². The largest absolute Gasteiger partial charge is 0.425 e. The number of aliphatic imine (C=N–C) groups is 4. The number of thiophene rings is 4. The molecule has 4 atom stereocenters. The number of amides is 8. The number of carbonyl (C=O) groups is 4. The number of fused-ring (bicyclic) bond motifs is 4. The first-order valence-corrected chi connectivity index (χ1v) is 41.0. The highest BCUT2D eigenvalue weighted by atomic mass is 32.1. The highest BCUT2D eigenvalue weighted by Gasteiger charge is 2.41. The van der Waals surface area contributed by atoms with Crippen molar-refractivity contribution in [1.29, 1.82) is 0 Å². The molecule has 4 aromatic heterocycles. The van der Waals surface area contributed by atoms with Crippen LogP contribution in [0, 0.1) is 0 Å². The Bertz CT molecular complexity index is 5340. The van der Waals surface area contributed by atoms with Crippen molar-refractivity contribution >= 4 is 140 Å². The second-order valence-electron chi connectivity index (χ2n) is 28.8. The van der Waals surface area contributed by atoms with Gasteiger partial charge in [0.1, 0.15) is 19.5 Å². The van der Waals surface area contributed by atoms with E-state index >= 15 is 0 Å². The van der Waals surface area contributed by atoms with Gasteiger partial charge in [-0.2, -0.15) is 52.7 Å². The summed E-state index contributed by atoms with van der Waals surface area (Å²) in [7, 11) is 0. The van der Waals surface area contributed by atoms with Gasteiger partial charge in [0.05, 0.1) is 46.9 Å². The van der Waals surface area contributed by atoms with Crippen molar-refractivity contribution < 1.29 is 71.9 Å². The first-order valence-electron chi connectivity index (χ1n) is 37.6. The summed E-state index contributed by atoms with van der Waals surface area (Å²) in [5.74, 6) is 0. The first-order chi connectivity index (χ1) is 57.6. The van der Waals surface area contributed by atoms with Gasteiger partial charge in [-0.25, -0.2) is 19.2 Å². The summed E-state index contributed by atoms with van der Waals surface area (Å²) in [6, 6.07) is 58.5. The smallest absolute Gasteiger partial charge is 0.335 e. The molecule has 4 N–H and O–H groups in total. The lowest BCUT2D eigenvalue weighted by atomic mass is 10.0. The van der Waals surface area contributed by atoms with Crippen LogP contribution >= 0.6 is 45.3 Å². The predicted molar refractivity (Wildman–Crippen MR) is 447 cm³/mol. The van der Waals surface area contributed by atoms with E-state index in [1.807, 2.05) is 146 Å². The molecule has 0 bridgehead atoms. The van der Waals surface area contributed by atoms with Crippen LogP contribution in [0.15, 0.2) is 237 Å². The molecule has 120 heavy (non-hydrogen) atoms. The van der Waals surface area contributed by atoms with E-state index in [2.05, 4.69) is 41.2 Å². The van der Waals surface area contributed by atoms with E-state index in [0.717, 1.165) is 174 Å². The first kappa shape index (κ1) is 79.9. The number of urea groups is 4. The molecule has 8 aliphatic heterocycles. The standard InChI is InChI=1S/4C22H16F3N3OS/c2*23-22(24,25)20-9-16(12-30-20)13-1-3-15(4-2-13)19-11-27-21(29)28(19)17-6-5-14-7-8-26-18(14)10-17;2*23-22(24,25)20-8-7-19(30-20)15-3-1-14(2-4-15)18-12-27-21(29)28(18)16-6-5-13-9-10-26-17(13)11-16/h2*1-6,8-10,12,19H,7,11H2,(H,27,29);2*1-8,10-11,18H,9,12H2,(H,27,29)/t2*19-;2*18-/m1010/s1. The van der Waals surface area contributed by atoms with E-state index in [0.29, 0.717) is 80.9 Å². The lowest BCUT2D eigenvalue weighted by Gasteiger charge is -2.24. The fraction of sp³-hybridized carbons (Fsp3) is 0.182. The summed E-state index contributed by atoms with van der Waals surface area (Å²) in [6.45, 7) is 1.82. The minimum absolute atomic E-state index is 0.181. The van der Waals surface area contributed by atoms with Gasteiger partial charge in [0.15, 0.2) is 0 Å². The van der Waals surface area contributed by atoms with Crippen LogP contribution in [0.2, 0.25) is 0 Å². The quantitative estimate of drug-likeness (QED) is 0.0890. The SMILES string of the molecule is O=C1NC[C@@H](c2ccc(-c3ccc(C(F)(F)F)s3)cc2)N1c1ccc2c(c1)N=CC2.O=C1NC[C@@H](c2ccc(-c3csc(C(F)(F)F)c3)cc2)N1c1ccc2c(c1)N=CC2.O=C1NC[C@H](c2ccc(-c3ccc(C(F)(F)F)s3)cc2)N1c1ccc2c(c1)N=CC2.O=C1NC[C@H](c2ccc(-c3csc(C(F)(F)F)c3)cc2)N1c1ccc2c(c1)N=CC2. The van der Waals surface area contributed by atoms with E-state index < -0.39 is 44.2 Å². The maximum absolute atomic E-state index is 12.9. The summed E-state index contributed by atoms with van der Waals surface area (Å²) in [5.41, 5.74) is 18.7. The monoisotopic (exact) mass is 1710 g/mol. The van der Waals surface area contributed by atoms with Crippen LogP contribution in [-0.2, 0) is 50.4 Å². The van der Waals surface area contributed by atoms with Crippen molar-refractivity contribution in [3.05, 3.63) is 281 Å². The van der Waals surface area contributed by atoms with Gasteiger partial charge in [0.25, 0.3) is 0 Å². The molecule has 8 aromatic carbocycles. The van der Waals surface area contributed by atoms with Crippen LogP contribution < -0.4 is 40.9 Å². The average Bonchev–Trinajstić information content (AvgIpc) is 1.64. The third-order valence-corrected chi connectivity index (χ3v) is 25.7. The number of carbonyl (C=O) groups excluding carboxylic acids is 4. The maximum Gasteiger partial charge on any atom is 0.425 e. The van der Waals surface area contributed by atoms with Crippen molar-refractivity contribution in [3.8, 4) is 43.1 Å². The summed E-state index contributed by atoms with van der Waals surface area (Å²) in [5, 5.41) is 14.5. The van der Waals surface area contributed by atoms with E-state index in [4.69, 9.17) is 0 Å². The molecule has 8 aliphatic rings. The second kappa shape index (κ2) is 32.3. The molecule has 32 heteroatoms. The van der Waals surface area contributed by atoms with Gasteiger partial charge in [0.2, 0.25) is 0 Å². The highest BCUT2D eigenvalue weighted by molar-refractivity contribution is 7.16. The number of anilines is 4. The Labute approximate surface area is 693 Å². The van der Waals surface area contributed by atoms with Crippen molar-refractivity contribution in [3.63, 3.8) is 0 Å². The van der Waals surface area contributed by atoms with Gasteiger partial charge in [-0.1, -0.05) is 121 Å². The molecule has 4 fully saturated rings. The summed E-state index contributed by atoms with van der Waals surface area (Å²) < 4.78 is 154. The molecule has 608 valence electrons. The van der Waals surface area contributed by atoms with Gasteiger partial charge < -0.3 is 21.3 Å². The van der Waals surface area contributed by atoms with E-state index in [-0.39, 0.29) is 48.3 Å². The second-order valence-corrected chi connectivity index (χ2v) is 32.8.